The Morgan fingerprint density at radius 1 is 1.42 bits per heavy atom. The molecule has 1 aliphatic rings. The van der Waals surface area contributed by atoms with Crippen molar-refractivity contribution in [2.24, 2.45) is 5.92 Å². The molecular weight excluding hydrogens is 328 g/mol. The Morgan fingerprint density at radius 3 is 3.04 bits per heavy atom. The quantitative estimate of drug-likeness (QED) is 0.899. The molecule has 24 heavy (non-hydrogen) atoms. The third kappa shape index (κ3) is 4.29. The van der Waals surface area contributed by atoms with Gasteiger partial charge >= 0.3 is 0 Å². The maximum absolute atomic E-state index is 12.3. The summed E-state index contributed by atoms with van der Waals surface area (Å²) in [6.07, 6.45) is 0.0141. The summed E-state index contributed by atoms with van der Waals surface area (Å²) in [7, 11) is 0. The van der Waals surface area contributed by atoms with Gasteiger partial charge < -0.3 is 14.5 Å². The highest BCUT2D eigenvalue weighted by Crippen LogP contribution is 2.23. The van der Waals surface area contributed by atoms with Gasteiger partial charge in [-0.2, -0.15) is 0 Å². The molecule has 5 nitrogen and oxygen atoms in total. The number of halogens is 1. The van der Waals surface area contributed by atoms with E-state index in [-0.39, 0.29) is 12.0 Å². The molecule has 130 valence electrons. The largest absolute Gasteiger partial charge is 0.451 e. The molecule has 0 bridgehead atoms. The molecule has 1 amide bonds. The molecule has 0 spiro atoms. The number of nitrogens with one attached hydrogen (secondary N) is 1. The third-order valence-corrected chi connectivity index (χ3v) is 4.27. The van der Waals surface area contributed by atoms with Gasteiger partial charge in [0.15, 0.2) is 5.76 Å². The van der Waals surface area contributed by atoms with Crippen LogP contribution in [0.4, 0.5) is 0 Å². The number of amides is 1. The van der Waals surface area contributed by atoms with Crippen molar-refractivity contribution in [2.45, 2.75) is 20.0 Å². The van der Waals surface area contributed by atoms with Crippen LogP contribution in [0.2, 0.25) is 5.02 Å². The molecular formula is C18H23ClN2O3. The number of morpholine rings is 1. The summed E-state index contributed by atoms with van der Waals surface area (Å²) in [6, 6.07) is 7.01. The van der Waals surface area contributed by atoms with Gasteiger partial charge in [-0.25, -0.2) is 0 Å². The van der Waals surface area contributed by atoms with Gasteiger partial charge in [-0.3, -0.25) is 9.69 Å². The third-order valence-electron chi connectivity index (χ3n) is 4.04. The number of hydrogen-bond donors (Lipinski definition) is 1. The topological polar surface area (TPSA) is 54.7 Å². The highest BCUT2D eigenvalue weighted by atomic mass is 35.5. The minimum atomic E-state index is -0.230. The average Bonchev–Trinajstić information content (AvgIpc) is 2.95. The second-order valence-electron chi connectivity index (χ2n) is 6.65. The van der Waals surface area contributed by atoms with E-state index in [4.69, 9.17) is 20.8 Å². The standard InChI is InChI=1S/C18H23ClN2O3/c1-12(2)10-21-5-6-23-15(11-21)9-20-18(22)17-8-13-7-14(19)3-4-16(13)24-17/h3-4,7-8,12,15H,5-6,9-11H2,1-2H3,(H,20,22). The van der Waals surface area contributed by atoms with E-state index in [9.17, 15) is 4.79 Å². The molecule has 1 aromatic heterocycles. The van der Waals surface area contributed by atoms with Gasteiger partial charge in [-0.15, -0.1) is 0 Å². The van der Waals surface area contributed by atoms with E-state index in [0.29, 0.717) is 35.4 Å². The van der Waals surface area contributed by atoms with Crippen LogP contribution in [-0.4, -0.2) is 49.7 Å². The Labute approximate surface area is 146 Å². The van der Waals surface area contributed by atoms with Crippen LogP contribution in [0, 0.1) is 5.92 Å². The van der Waals surface area contributed by atoms with Crippen LogP contribution in [0.5, 0.6) is 0 Å². The number of furan rings is 1. The van der Waals surface area contributed by atoms with Crippen LogP contribution in [0.25, 0.3) is 11.0 Å². The van der Waals surface area contributed by atoms with Crippen LogP contribution >= 0.6 is 11.6 Å². The average molecular weight is 351 g/mol. The first-order chi connectivity index (χ1) is 11.5. The summed E-state index contributed by atoms with van der Waals surface area (Å²) in [5, 5.41) is 4.35. The second kappa shape index (κ2) is 7.55. The minimum Gasteiger partial charge on any atom is -0.451 e. The number of rotatable bonds is 5. The summed E-state index contributed by atoms with van der Waals surface area (Å²) in [4.78, 5) is 14.7. The van der Waals surface area contributed by atoms with Gasteiger partial charge in [0.1, 0.15) is 5.58 Å². The van der Waals surface area contributed by atoms with E-state index in [0.717, 1.165) is 25.0 Å². The number of carbonyl (C=O) groups is 1. The minimum absolute atomic E-state index is 0.0141. The van der Waals surface area contributed by atoms with Gasteiger partial charge in [0, 0.05) is 36.6 Å². The van der Waals surface area contributed by atoms with Crippen molar-refractivity contribution in [3.8, 4) is 0 Å². The summed E-state index contributed by atoms with van der Waals surface area (Å²) < 4.78 is 11.3. The Bertz CT molecular complexity index is 713. The number of nitrogens with zero attached hydrogens (tertiary/aromatic N) is 1. The second-order valence-corrected chi connectivity index (χ2v) is 7.09. The van der Waals surface area contributed by atoms with Crippen LogP contribution in [0.1, 0.15) is 24.4 Å². The maximum Gasteiger partial charge on any atom is 0.287 e. The predicted molar refractivity (Wildman–Crippen MR) is 94.6 cm³/mol. The summed E-state index contributed by atoms with van der Waals surface area (Å²) in [5.41, 5.74) is 0.654. The normalized spacial score (nSPS) is 19.1. The van der Waals surface area contributed by atoms with Gasteiger partial charge in [-0.1, -0.05) is 25.4 Å². The lowest BCUT2D eigenvalue weighted by Crippen LogP contribution is -2.48. The highest BCUT2D eigenvalue weighted by Gasteiger charge is 2.22. The van der Waals surface area contributed by atoms with Crippen LogP contribution in [0.3, 0.4) is 0 Å². The molecule has 1 atom stereocenters. The smallest absolute Gasteiger partial charge is 0.287 e. The van der Waals surface area contributed by atoms with Crippen LogP contribution in [-0.2, 0) is 4.74 Å². The monoisotopic (exact) mass is 350 g/mol. The molecule has 3 rings (SSSR count). The van der Waals surface area contributed by atoms with Crippen molar-refractivity contribution in [1.82, 2.24) is 10.2 Å². The Balaban J connectivity index is 1.56. The molecule has 1 saturated heterocycles. The van der Waals surface area contributed by atoms with Crippen molar-refractivity contribution in [3.05, 3.63) is 35.0 Å². The molecule has 6 heteroatoms. The van der Waals surface area contributed by atoms with Gasteiger partial charge in [-0.05, 0) is 30.2 Å². The zero-order chi connectivity index (χ0) is 17.1. The fourth-order valence-electron chi connectivity index (χ4n) is 3.01. The first-order valence-corrected chi connectivity index (χ1v) is 8.70. The Hall–Kier alpha value is -1.56. The summed E-state index contributed by atoms with van der Waals surface area (Å²) >= 11 is 5.96. The van der Waals surface area contributed by atoms with Crippen molar-refractivity contribution in [3.63, 3.8) is 0 Å². The van der Waals surface area contributed by atoms with Crippen LogP contribution < -0.4 is 5.32 Å². The Kier molecular flexibility index (Phi) is 5.43. The van der Waals surface area contributed by atoms with Gasteiger partial charge in [0.05, 0.1) is 12.7 Å². The van der Waals surface area contributed by atoms with E-state index in [1.54, 1.807) is 24.3 Å². The maximum atomic E-state index is 12.3. The van der Waals surface area contributed by atoms with E-state index in [1.165, 1.54) is 0 Å². The molecule has 1 fully saturated rings. The SMILES string of the molecule is CC(C)CN1CCOC(CNC(=O)c2cc3cc(Cl)ccc3o2)C1. The van der Waals surface area contributed by atoms with Crippen molar-refractivity contribution < 1.29 is 13.9 Å². The molecule has 0 aliphatic carbocycles. The summed E-state index contributed by atoms with van der Waals surface area (Å²) in [6.45, 7) is 8.45. The van der Waals surface area contributed by atoms with Gasteiger partial charge in [0.2, 0.25) is 0 Å². The van der Waals surface area contributed by atoms with Crippen molar-refractivity contribution in [1.29, 1.82) is 0 Å². The number of carbonyl (C=O) groups excluding carboxylic acids is 1. The lowest BCUT2D eigenvalue weighted by atomic mass is 10.2. The zero-order valence-corrected chi connectivity index (χ0v) is 14.8. The molecule has 0 radical (unpaired) electrons. The molecule has 0 saturated carbocycles. The number of ether oxygens (including phenoxy) is 1. The zero-order valence-electron chi connectivity index (χ0n) is 14.0. The van der Waals surface area contributed by atoms with E-state index in [2.05, 4.69) is 24.1 Å². The first kappa shape index (κ1) is 17.3. The number of fused-ring (bicyclic) bond motifs is 1. The predicted octanol–water partition coefficient (Wildman–Crippen LogP) is 3.17. The molecule has 2 aromatic rings. The van der Waals surface area contributed by atoms with Crippen LogP contribution in [0.15, 0.2) is 28.7 Å². The van der Waals surface area contributed by atoms with E-state index < -0.39 is 0 Å². The molecule has 1 aromatic carbocycles. The molecule has 1 aliphatic heterocycles. The first-order valence-electron chi connectivity index (χ1n) is 8.32. The van der Waals surface area contributed by atoms with E-state index in [1.807, 2.05) is 0 Å². The number of benzene rings is 1. The molecule has 1 N–H and O–H groups in total. The number of hydrogen-bond acceptors (Lipinski definition) is 4. The van der Waals surface area contributed by atoms with Gasteiger partial charge in [0.25, 0.3) is 5.91 Å². The Morgan fingerprint density at radius 2 is 2.25 bits per heavy atom. The van der Waals surface area contributed by atoms with E-state index >= 15 is 0 Å². The fraction of sp³-hybridized carbons (Fsp3) is 0.500. The fourth-order valence-corrected chi connectivity index (χ4v) is 3.19. The lowest BCUT2D eigenvalue weighted by Gasteiger charge is -2.33. The summed E-state index contributed by atoms with van der Waals surface area (Å²) in [5.74, 6) is 0.690. The molecule has 1 unspecified atom stereocenters. The molecule has 2 heterocycles. The van der Waals surface area contributed by atoms with Crippen molar-refractivity contribution in [2.75, 3.05) is 32.8 Å². The lowest BCUT2D eigenvalue weighted by molar-refractivity contribution is -0.0296. The van der Waals surface area contributed by atoms with Crippen molar-refractivity contribution >= 4 is 28.5 Å². The highest BCUT2D eigenvalue weighted by molar-refractivity contribution is 6.31.